The van der Waals surface area contributed by atoms with E-state index in [0.29, 0.717) is 17.3 Å². The molecule has 0 saturated carbocycles. The molecule has 1 heterocycles. The highest BCUT2D eigenvalue weighted by atomic mass is 16.5. The Morgan fingerprint density at radius 1 is 0.957 bits per heavy atom. The van der Waals surface area contributed by atoms with Gasteiger partial charge in [-0.15, -0.1) is 0 Å². The third kappa shape index (κ3) is 3.42. The van der Waals surface area contributed by atoms with Crippen molar-refractivity contribution in [3.8, 4) is 0 Å². The van der Waals surface area contributed by atoms with Crippen LogP contribution in [0.25, 0.3) is 11.8 Å². The van der Waals surface area contributed by atoms with Crippen molar-refractivity contribution in [2.45, 2.75) is 26.7 Å². The van der Waals surface area contributed by atoms with Crippen molar-refractivity contribution in [1.29, 1.82) is 0 Å². The van der Waals surface area contributed by atoms with E-state index in [4.69, 9.17) is 4.74 Å². The highest BCUT2D eigenvalue weighted by Crippen LogP contribution is 2.27. The number of rotatable bonds is 3. The van der Waals surface area contributed by atoms with Crippen molar-refractivity contribution in [1.82, 2.24) is 0 Å². The quantitative estimate of drug-likeness (QED) is 0.582. The summed E-state index contributed by atoms with van der Waals surface area (Å²) < 4.78 is 5.39. The molecule has 23 heavy (non-hydrogen) atoms. The third-order valence-corrected chi connectivity index (χ3v) is 3.99. The fraction of sp³-hybridized carbons (Fsp3) is 0.190. The second kappa shape index (κ2) is 6.25. The van der Waals surface area contributed by atoms with Crippen LogP contribution < -0.4 is 0 Å². The summed E-state index contributed by atoms with van der Waals surface area (Å²) in [5, 5.41) is 0. The zero-order chi connectivity index (χ0) is 16.4. The van der Waals surface area contributed by atoms with E-state index >= 15 is 0 Å². The zero-order valence-corrected chi connectivity index (χ0v) is 13.7. The first kappa shape index (κ1) is 15.3. The maximum absolute atomic E-state index is 12.1. The maximum atomic E-state index is 12.1. The Balaban J connectivity index is 1.87. The minimum absolute atomic E-state index is 0.298. The smallest absolute Gasteiger partial charge is 0.343 e. The minimum Gasteiger partial charge on any atom is -0.422 e. The van der Waals surface area contributed by atoms with Crippen LogP contribution in [-0.4, -0.2) is 5.97 Å². The van der Waals surface area contributed by atoms with Crippen molar-refractivity contribution in [2.75, 3.05) is 0 Å². The van der Waals surface area contributed by atoms with E-state index < -0.39 is 0 Å². The zero-order valence-electron chi connectivity index (χ0n) is 13.7. The molecule has 0 amide bonds. The van der Waals surface area contributed by atoms with Crippen LogP contribution in [0, 0.1) is 6.92 Å². The Kier molecular flexibility index (Phi) is 4.16. The first-order valence-corrected chi connectivity index (χ1v) is 7.85. The average molecular weight is 304 g/mol. The summed E-state index contributed by atoms with van der Waals surface area (Å²) in [6.07, 6.45) is 3.68. The highest BCUT2D eigenvalue weighted by molar-refractivity contribution is 6.05. The molecule has 0 saturated heterocycles. The summed E-state index contributed by atoms with van der Waals surface area (Å²) in [5.41, 5.74) is 4.97. The number of hydrogen-bond acceptors (Lipinski definition) is 2. The molecule has 2 aromatic rings. The Hall–Kier alpha value is -2.61. The van der Waals surface area contributed by atoms with E-state index in [9.17, 15) is 4.79 Å². The molecule has 1 aliphatic heterocycles. The van der Waals surface area contributed by atoms with E-state index in [0.717, 1.165) is 11.1 Å². The van der Waals surface area contributed by atoms with Gasteiger partial charge >= 0.3 is 5.97 Å². The molecule has 3 rings (SSSR count). The van der Waals surface area contributed by atoms with Gasteiger partial charge in [0.25, 0.3) is 0 Å². The highest BCUT2D eigenvalue weighted by Gasteiger charge is 2.21. The summed E-state index contributed by atoms with van der Waals surface area (Å²) in [5.74, 6) is 0.815. The van der Waals surface area contributed by atoms with E-state index in [1.807, 2.05) is 55.5 Å². The molecule has 0 radical (unpaired) electrons. The SMILES string of the molecule is Cc1ccc(C2=C/C(=C\c3ccc(C(C)C)cc3)C(=O)O2)cc1. The second-order valence-electron chi connectivity index (χ2n) is 6.19. The number of carbonyl (C=O) groups excluding carboxylic acids is 1. The Labute approximate surface area is 137 Å². The van der Waals surface area contributed by atoms with Crippen LogP contribution in [0.3, 0.4) is 0 Å². The van der Waals surface area contributed by atoms with Gasteiger partial charge in [-0.3, -0.25) is 0 Å². The Morgan fingerprint density at radius 3 is 2.22 bits per heavy atom. The van der Waals surface area contributed by atoms with Crippen molar-refractivity contribution < 1.29 is 9.53 Å². The lowest BCUT2D eigenvalue weighted by molar-refractivity contribution is -0.130. The number of hydrogen-bond donors (Lipinski definition) is 0. The molecule has 0 unspecified atom stereocenters. The monoisotopic (exact) mass is 304 g/mol. The van der Waals surface area contributed by atoms with Crippen molar-refractivity contribution in [2.24, 2.45) is 0 Å². The molecule has 0 atom stereocenters. The van der Waals surface area contributed by atoms with Crippen LogP contribution >= 0.6 is 0 Å². The van der Waals surface area contributed by atoms with Gasteiger partial charge in [0.2, 0.25) is 0 Å². The summed E-state index contributed by atoms with van der Waals surface area (Å²) >= 11 is 0. The predicted octanol–water partition coefficient (Wildman–Crippen LogP) is 5.10. The number of cyclic esters (lactones) is 1. The average Bonchev–Trinajstić information content (AvgIpc) is 2.89. The largest absolute Gasteiger partial charge is 0.422 e. The van der Waals surface area contributed by atoms with Gasteiger partial charge in [0.1, 0.15) is 5.76 Å². The number of aryl methyl sites for hydroxylation is 1. The molecule has 0 bridgehead atoms. The first-order chi connectivity index (χ1) is 11.0. The fourth-order valence-corrected chi connectivity index (χ4v) is 2.51. The predicted molar refractivity (Wildman–Crippen MR) is 93.8 cm³/mol. The number of benzene rings is 2. The van der Waals surface area contributed by atoms with E-state index in [2.05, 4.69) is 26.0 Å². The third-order valence-electron chi connectivity index (χ3n) is 3.99. The lowest BCUT2D eigenvalue weighted by atomic mass is 10.0. The minimum atomic E-state index is -0.298. The molecule has 2 nitrogen and oxygen atoms in total. The van der Waals surface area contributed by atoms with Gasteiger partial charge in [-0.2, -0.15) is 0 Å². The van der Waals surface area contributed by atoms with E-state index in [1.54, 1.807) is 0 Å². The second-order valence-corrected chi connectivity index (χ2v) is 6.19. The lowest BCUT2D eigenvalue weighted by Crippen LogP contribution is -1.97. The van der Waals surface area contributed by atoms with E-state index in [-0.39, 0.29) is 5.97 Å². The standard InChI is InChI=1S/C21H20O2/c1-14(2)17-10-6-16(7-11-17)12-19-13-20(23-21(19)22)18-8-4-15(3)5-9-18/h4-14H,1-3H3/b19-12+. The Bertz CT molecular complexity index is 776. The maximum Gasteiger partial charge on any atom is 0.343 e. The van der Waals surface area contributed by atoms with Crippen LogP contribution in [0.5, 0.6) is 0 Å². The van der Waals surface area contributed by atoms with Crippen molar-refractivity contribution in [3.63, 3.8) is 0 Å². The van der Waals surface area contributed by atoms with Crippen LogP contribution in [-0.2, 0) is 9.53 Å². The summed E-state index contributed by atoms with van der Waals surface area (Å²) in [7, 11) is 0. The van der Waals surface area contributed by atoms with Gasteiger partial charge < -0.3 is 4.74 Å². The lowest BCUT2D eigenvalue weighted by Gasteiger charge is -2.04. The molecule has 2 aromatic carbocycles. The molecule has 0 N–H and O–H groups in total. The molecule has 1 aliphatic rings. The van der Waals surface area contributed by atoms with Crippen LogP contribution in [0.15, 0.2) is 60.2 Å². The first-order valence-electron chi connectivity index (χ1n) is 7.85. The molecular weight excluding hydrogens is 284 g/mol. The van der Waals surface area contributed by atoms with Gasteiger partial charge in [0, 0.05) is 5.56 Å². The molecule has 116 valence electrons. The van der Waals surface area contributed by atoms with Crippen LogP contribution in [0.2, 0.25) is 0 Å². The topological polar surface area (TPSA) is 26.3 Å². The molecule has 2 heteroatoms. The summed E-state index contributed by atoms with van der Waals surface area (Å²) in [4.78, 5) is 12.1. The Morgan fingerprint density at radius 2 is 1.61 bits per heavy atom. The number of carbonyl (C=O) groups is 1. The molecule has 0 aromatic heterocycles. The van der Waals surface area contributed by atoms with E-state index in [1.165, 1.54) is 11.1 Å². The summed E-state index contributed by atoms with van der Waals surface area (Å²) in [6, 6.07) is 16.2. The molecule has 0 spiro atoms. The molecular formula is C21H20O2. The van der Waals surface area contributed by atoms with Crippen LogP contribution in [0.4, 0.5) is 0 Å². The van der Waals surface area contributed by atoms with Gasteiger partial charge in [-0.1, -0.05) is 67.9 Å². The van der Waals surface area contributed by atoms with Crippen molar-refractivity contribution in [3.05, 3.63) is 82.4 Å². The number of esters is 1. The van der Waals surface area contributed by atoms with Gasteiger partial charge in [-0.05, 0) is 36.1 Å². The van der Waals surface area contributed by atoms with Gasteiger partial charge in [-0.25, -0.2) is 4.79 Å². The fourth-order valence-electron chi connectivity index (χ4n) is 2.51. The van der Waals surface area contributed by atoms with Crippen LogP contribution in [0.1, 0.15) is 42.0 Å². The molecule has 0 fully saturated rings. The molecule has 0 aliphatic carbocycles. The number of ether oxygens (including phenoxy) is 1. The summed E-state index contributed by atoms with van der Waals surface area (Å²) in [6.45, 7) is 6.36. The van der Waals surface area contributed by atoms with Gasteiger partial charge in [0.05, 0.1) is 5.57 Å². The normalized spacial score (nSPS) is 15.9. The van der Waals surface area contributed by atoms with Crippen molar-refractivity contribution >= 4 is 17.8 Å². The van der Waals surface area contributed by atoms with Gasteiger partial charge in [0.15, 0.2) is 0 Å².